The second kappa shape index (κ2) is 4.15. The minimum atomic E-state index is 0.0548. The fraction of sp³-hybridized carbons (Fsp3) is 0.0625. The minimum Gasteiger partial charge on any atom is -0.464 e. The molecule has 0 aliphatic heterocycles. The largest absolute Gasteiger partial charge is 0.464 e. The number of hydrogen-bond donors (Lipinski definition) is 0. The van der Waals surface area contributed by atoms with Crippen LogP contribution in [0.2, 0.25) is 0 Å². The Morgan fingerprint density at radius 2 is 1.78 bits per heavy atom. The van der Waals surface area contributed by atoms with E-state index in [1.165, 1.54) is 0 Å². The third-order valence-electron chi connectivity index (χ3n) is 3.06. The molecular weight excluding hydrogens is 224 g/mol. The molecule has 0 bridgehead atoms. The molecule has 88 valence electrons. The van der Waals surface area contributed by atoms with Gasteiger partial charge >= 0.3 is 0 Å². The molecule has 0 N–H and O–H groups in total. The summed E-state index contributed by atoms with van der Waals surface area (Å²) in [6, 6.07) is 15.5. The Morgan fingerprint density at radius 1 is 1.00 bits per heavy atom. The molecule has 3 rings (SSSR count). The van der Waals surface area contributed by atoms with Gasteiger partial charge in [0.05, 0.1) is 6.26 Å². The molecule has 3 aromatic rings. The second-order valence-electron chi connectivity index (χ2n) is 4.25. The molecule has 2 aromatic carbocycles. The molecule has 0 aliphatic carbocycles. The van der Waals surface area contributed by atoms with E-state index in [2.05, 4.69) is 0 Å². The number of carbonyl (C=O) groups excluding carboxylic acids is 1. The van der Waals surface area contributed by atoms with E-state index in [1.807, 2.05) is 48.5 Å². The number of hydrogen-bond acceptors (Lipinski definition) is 2. The molecule has 0 aliphatic rings. The van der Waals surface area contributed by atoms with E-state index in [4.69, 9.17) is 4.42 Å². The quantitative estimate of drug-likeness (QED) is 0.621. The predicted octanol–water partition coefficient (Wildman–Crippen LogP) is 4.30. The Morgan fingerprint density at radius 3 is 2.50 bits per heavy atom. The van der Waals surface area contributed by atoms with Crippen LogP contribution in [0.3, 0.4) is 0 Å². The molecule has 0 spiro atoms. The van der Waals surface area contributed by atoms with Gasteiger partial charge in [-0.15, -0.1) is 0 Å². The van der Waals surface area contributed by atoms with E-state index in [0.29, 0.717) is 5.56 Å². The van der Waals surface area contributed by atoms with Crippen molar-refractivity contribution in [1.82, 2.24) is 0 Å². The number of rotatable bonds is 2. The van der Waals surface area contributed by atoms with Gasteiger partial charge in [0, 0.05) is 16.5 Å². The zero-order chi connectivity index (χ0) is 12.5. The van der Waals surface area contributed by atoms with Crippen molar-refractivity contribution >= 4 is 16.8 Å². The first-order chi connectivity index (χ1) is 8.77. The van der Waals surface area contributed by atoms with Crippen LogP contribution in [0.15, 0.2) is 59.2 Å². The van der Waals surface area contributed by atoms with Crippen LogP contribution < -0.4 is 0 Å². The molecule has 0 amide bonds. The predicted molar refractivity (Wildman–Crippen MR) is 71.7 cm³/mol. The monoisotopic (exact) mass is 236 g/mol. The summed E-state index contributed by atoms with van der Waals surface area (Å²) in [5.41, 5.74) is 3.49. The van der Waals surface area contributed by atoms with Crippen LogP contribution in [0.5, 0.6) is 0 Å². The molecule has 1 heterocycles. The van der Waals surface area contributed by atoms with Gasteiger partial charge in [-0.3, -0.25) is 4.79 Å². The molecule has 0 radical (unpaired) electrons. The summed E-state index contributed by atoms with van der Waals surface area (Å²) in [6.45, 7) is 1.58. The van der Waals surface area contributed by atoms with Crippen LogP contribution in [0, 0.1) is 0 Å². The number of furan rings is 1. The van der Waals surface area contributed by atoms with Crippen LogP contribution in [0.25, 0.3) is 22.1 Å². The number of Topliss-reactive ketones (excluding diaryl/α,β-unsaturated/α-hetero) is 1. The SMILES string of the molecule is CC(=O)c1cccc2occ(-c3ccccc3)c12. The third-order valence-corrected chi connectivity index (χ3v) is 3.06. The molecule has 0 atom stereocenters. The van der Waals surface area contributed by atoms with Crippen LogP contribution in [0.1, 0.15) is 17.3 Å². The van der Waals surface area contributed by atoms with Gasteiger partial charge in [0.15, 0.2) is 5.78 Å². The highest BCUT2D eigenvalue weighted by atomic mass is 16.3. The number of carbonyl (C=O) groups is 1. The van der Waals surface area contributed by atoms with Crippen LogP contribution >= 0.6 is 0 Å². The smallest absolute Gasteiger partial charge is 0.160 e. The van der Waals surface area contributed by atoms with Crippen molar-refractivity contribution in [2.45, 2.75) is 6.92 Å². The molecule has 1 aromatic heterocycles. The van der Waals surface area contributed by atoms with Crippen molar-refractivity contribution in [3.05, 3.63) is 60.4 Å². The van der Waals surface area contributed by atoms with E-state index in [9.17, 15) is 4.79 Å². The topological polar surface area (TPSA) is 30.2 Å². The van der Waals surface area contributed by atoms with Crippen molar-refractivity contribution in [1.29, 1.82) is 0 Å². The average molecular weight is 236 g/mol. The van der Waals surface area contributed by atoms with Crippen LogP contribution in [-0.2, 0) is 0 Å². The maximum Gasteiger partial charge on any atom is 0.160 e. The Kier molecular flexibility index (Phi) is 2.49. The molecule has 0 saturated carbocycles. The lowest BCUT2D eigenvalue weighted by molar-refractivity contribution is 0.101. The van der Waals surface area contributed by atoms with E-state index >= 15 is 0 Å². The van der Waals surface area contributed by atoms with Gasteiger partial charge in [-0.1, -0.05) is 42.5 Å². The van der Waals surface area contributed by atoms with E-state index in [0.717, 1.165) is 22.1 Å². The average Bonchev–Trinajstić information content (AvgIpc) is 2.83. The van der Waals surface area contributed by atoms with Crippen molar-refractivity contribution in [3.8, 4) is 11.1 Å². The van der Waals surface area contributed by atoms with E-state index < -0.39 is 0 Å². The Labute approximate surface area is 105 Å². The summed E-state index contributed by atoms with van der Waals surface area (Å²) in [5, 5.41) is 0.899. The lowest BCUT2D eigenvalue weighted by Crippen LogP contribution is -1.92. The van der Waals surface area contributed by atoms with Gasteiger partial charge in [-0.2, -0.15) is 0 Å². The molecule has 0 saturated heterocycles. The molecule has 0 unspecified atom stereocenters. The lowest BCUT2D eigenvalue weighted by atomic mass is 9.99. The fourth-order valence-corrected chi connectivity index (χ4v) is 2.21. The standard InChI is InChI=1S/C16H12O2/c1-11(17)13-8-5-9-15-16(13)14(10-18-15)12-6-3-2-4-7-12/h2-10H,1H3. The van der Waals surface area contributed by atoms with Gasteiger partial charge in [0.25, 0.3) is 0 Å². The lowest BCUT2D eigenvalue weighted by Gasteiger charge is -2.02. The normalized spacial score (nSPS) is 10.7. The van der Waals surface area contributed by atoms with Crippen LogP contribution in [-0.4, -0.2) is 5.78 Å². The van der Waals surface area contributed by atoms with Gasteiger partial charge in [0.2, 0.25) is 0 Å². The number of ketones is 1. The van der Waals surface area contributed by atoms with Gasteiger partial charge in [-0.25, -0.2) is 0 Å². The van der Waals surface area contributed by atoms with Gasteiger partial charge in [0.1, 0.15) is 5.58 Å². The molecular formula is C16H12O2. The second-order valence-corrected chi connectivity index (χ2v) is 4.25. The summed E-state index contributed by atoms with van der Waals surface area (Å²) in [4.78, 5) is 11.7. The van der Waals surface area contributed by atoms with Crippen molar-refractivity contribution in [2.75, 3.05) is 0 Å². The summed E-state index contributed by atoms with van der Waals surface area (Å²) in [5.74, 6) is 0.0548. The highest BCUT2D eigenvalue weighted by molar-refractivity contribution is 6.11. The van der Waals surface area contributed by atoms with E-state index in [1.54, 1.807) is 13.2 Å². The maximum atomic E-state index is 11.7. The number of benzene rings is 2. The zero-order valence-electron chi connectivity index (χ0n) is 10.0. The molecule has 18 heavy (non-hydrogen) atoms. The van der Waals surface area contributed by atoms with Crippen molar-refractivity contribution in [2.24, 2.45) is 0 Å². The Bertz CT molecular complexity index is 708. The summed E-state index contributed by atoms with van der Waals surface area (Å²) in [6.07, 6.45) is 1.71. The zero-order valence-corrected chi connectivity index (χ0v) is 10.0. The van der Waals surface area contributed by atoms with E-state index in [-0.39, 0.29) is 5.78 Å². The maximum absolute atomic E-state index is 11.7. The Balaban J connectivity index is 2.35. The number of fused-ring (bicyclic) bond motifs is 1. The fourth-order valence-electron chi connectivity index (χ4n) is 2.21. The van der Waals surface area contributed by atoms with Gasteiger partial charge in [-0.05, 0) is 18.6 Å². The summed E-state index contributed by atoms with van der Waals surface area (Å²) < 4.78 is 5.54. The Hall–Kier alpha value is -2.35. The van der Waals surface area contributed by atoms with Gasteiger partial charge < -0.3 is 4.42 Å². The molecule has 2 nitrogen and oxygen atoms in total. The first kappa shape index (κ1) is 10.8. The van der Waals surface area contributed by atoms with Crippen molar-refractivity contribution < 1.29 is 9.21 Å². The first-order valence-electron chi connectivity index (χ1n) is 5.84. The highest BCUT2D eigenvalue weighted by Gasteiger charge is 2.14. The highest BCUT2D eigenvalue weighted by Crippen LogP contribution is 2.33. The molecule has 0 fully saturated rings. The van der Waals surface area contributed by atoms with Crippen LogP contribution in [0.4, 0.5) is 0 Å². The first-order valence-corrected chi connectivity index (χ1v) is 5.84. The third kappa shape index (κ3) is 1.63. The summed E-state index contributed by atoms with van der Waals surface area (Å²) in [7, 11) is 0. The van der Waals surface area contributed by atoms with Crippen molar-refractivity contribution in [3.63, 3.8) is 0 Å². The summed E-state index contributed by atoms with van der Waals surface area (Å²) >= 11 is 0. The minimum absolute atomic E-state index is 0.0548. The molecule has 2 heteroatoms.